The summed E-state index contributed by atoms with van der Waals surface area (Å²) in [4.78, 5) is 27.8. The van der Waals surface area contributed by atoms with Gasteiger partial charge in [0.05, 0.1) is 22.0 Å². The van der Waals surface area contributed by atoms with Crippen molar-refractivity contribution >= 4 is 50.7 Å². The van der Waals surface area contributed by atoms with Crippen LogP contribution in [0.2, 0.25) is 10.0 Å². The van der Waals surface area contributed by atoms with Gasteiger partial charge in [0.25, 0.3) is 0 Å². The molecule has 0 aromatic heterocycles. The van der Waals surface area contributed by atoms with Crippen LogP contribution < -0.4 is 19.1 Å². The molecular formula is C27H35Cl2N3O6S. The summed E-state index contributed by atoms with van der Waals surface area (Å²) < 4.78 is 37.6. The summed E-state index contributed by atoms with van der Waals surface area (Å²) >= 11 is 12.2. The molecule has 0 unspecified atom stereocenters. The number of fused-ring (bicyclic) bond motifs is 1. The number of sulfonamides is 1. The minimum atomic E-state index is -3.65. The number of benzene rings is 2. The van der Waals surface area contributed by atoms with E-state index >= 15 is 0 Å². The van der Waals surface area contributed by atoms with E-state index < -0.39 is 16.1 Å². The largest absolute Gasteiger partial charge is 0.486 e. The minimum Gasteiger partial charge on any atom is -0.486 e. The van der Waals surface area contributed by atoms with Gasteiger partial charge in [-0.1, -0.05) is 36.2 Å². The number of nitrogens with one attached hydrogen (secondary N) is 1. The molecule has 0 fully saturated rings. The van der Waals surface area contributed by atoms with Crippen LogP contribution in [0.3, 0.4) is 0 Å². The zero-order valence-electron chi connectivity index (χ0n) is 22.6. The average molecular weight is 601 g/mol. The van der Waals surface area contributed by atoms with Crippen LogP contribution in [0, 0.1) is 0 Å². The number of hydrogen-bond acceptors (Lipinski definition) is 6. The van der Waals surface area contributed by atoms with Gasteiger partial charge in [0.2, 0.25) is 21.8 Å². The van der Waals surface area contributed by atoms with E-state index in [1.165, 1.54) is 9.21 Å². The molecule has 1 aliphatic rings. The first-order chi connectivity index (χ1) is 18.4. The quantitative estimate of drug-likeness (QED) is 0.381. The minimum absolute atomic E-state index is 0.0266. The first-order valence-corrected chi connectivity index (χ1v) is 15.4. The van der Waals surface area contributed by atoms with E-state index in [0.717, 1.165) is 18.2 Å². The summed E-state index contributed by atoms with van der Waals surface area (Å²) in [6.45, 7) is 6.54. The highest BCUT2D eigenvalue weighted by Gasteiger charge is 2.28. The van der Waals surface area contributed by atoms with E-state index in [1.54, 1.807) is 43.3 Å². The topological polar surface area (TPSA) is 105 Å². The molecule has 3 rings (SSSR count). The molecule has 0 radical (unpaired) electrons. The van der Waals surface area contributed by atoms with Crippen molar-refractivity contribution in [2.24, 2.45) is 0 Å². The normalized spacial score (nSPS) is 14.3. The molecule has 0 spiro atoms. The van der Waals surface area contributed by atoms with E-state index in [-0.39, 0.29) is 43.8 Å². The van der Waals surface area contributed by atoms with E-state index in [1.807, 2.05) is 13.8 Å². The first-order valence-electron chi connectivity index (χ1n) is 12.8. The third kappa shape index (κ3) is 8.40. The number of halogens is 2. The predicted octanol–water partition coefficient (Wildman–Crippen LogP) is 4.64. The maximum Gasteiger partial charge on any atom is 0.242 e. The van der Waals surface area contributed by atoms with Crippen LogP contribution in [-0.2, 0) is 26.2 Å². The van der Waals surface area contributed by atoms with Gasteiger partial charge >= 0.3 is 0 Å². The van der Waals surface area contributed by atoms with E-state index in [0.29, 0.717) is 40.4 Å². The lowest BCUT2D eigenvalue weighted by Gasteiger charge is -2.30. The van der Waals surface area contributed by atoms with Gasteiger partial charge < -0.3 is 19.7 Å². The van der Waals surface area contributed by atoms with Gasteiger partial charge in [-0.2, -0.15) is 0 Å². The zero-order valence-corrected chi connectivity index (χ0v) is 24.9. The van der Waals surface area contributed by atoms with Crippen LogP contribution in [0.25, 0.3) is 0 Å². The smallest absolute Gasteiger partial charge is 0.242 e. The molecule has 9 nitrogen and oxygen atoms in total. The highest BCUT2D eigenvalue weighted by molar-refractivity contribution is 7.92. The molecule has 0 saturated carbocycles. The molecule has 214 valence electrons. The molecule has 2 atom stereocenters. The van der Waals surface area contributed by atoms with Gasteiger partial charge in [0, 0.05) is 31.6 Å². The summed E-state index contributed by atoms with van der Waals surface area (Å²) in [6.07, 6.45) is 2.13. The van der Waals surface area contributed by atoms with E-state index in [4.69, 9.17) is 32.7 Å². The lowest BCUT2D eigenvalue weighted by Crippen LogP contribution is -2.49. The van der Waals surface area contributed by atoms with Gasteiger partial charge in [-0.3, -0.25) is 13.9 Å². The molecule has 0 saturated heterocycles. The fraction of sp³-hybridized carbons (Fsp3) is 0.481. The predicted molar refractivity (Wildman–Crippen MR) is 153 cm³/mol. The standard InChI is InChI=1S/C27H35Cl2N3O6S/c1-5-18(2)30-27(34)19(3)31(17-20-8-10-22(28)23(29)15-20)26(33)7-6-12-32(39(4,35)36)21-9-11-24-25(16-21)38-14-13-37-24/h8-11,15-16,18-19H,5-7,12-14,17H2,1-4H3,(H,30,34)/t18-,19-/m1/s1. The molecular weight excluding hydrogens is 565 g/mol. The summed E-state index contributed by atoms with van der Waals surface area (Å²) in [5.74, 6) is 0.462. The van der Waals surface area contributed by atoms with Gasteiger partial charge in [0.1, 0.15) is 19.3 Å². The van der Waals surface area contributed by atoms with Crippen molar-refractivity contribution in [1.29, 1.82) is 0 Å². The molecule has 1 aliphatic heterocycles. The molecule has 2 amide bonds. The van der Waals surface area contributed by atoms with Crippen molar-refractivity contribution in [2.45, 2.75) is 58.7 Å². The van der Waals surface area contributed by atoms with Crippen LogP contribution in [0.15, 0.2) is 36.4 Å². The fourth-order valence-electron chi connectivity index (χ4n) is 4.07. The monoisotopic (exact) mass is 599 g/mol. The Balaban J connectivity index is 1.75. The Morgan fingerprint density at radius 3 is 2.36 bits per heavy atom. The van der Waals surface area contributed by atoms with Crippen molar-refractivity contribution in [3.05, 3.63) is 52.0 Å². The number of hydrogen-bond donors (Lipinski definition) is 1. The van der Waals surface area contributed by atoms with Crippen molar-refractivity contribution in [3.8, 4) is 11.5 Å². The first kappa shape index (κ1) is 30.8. The third-order valence-electron chi connectivity index (χ3n) is 6.47. The number of ether oxygens (including phenoxy) is 2. The number of rotatable bonds is 12. The molecule has 2 aromatic rings. The second kappa shape index (κ2) is 13.6. The summed E-state index contributed by atoms with van der Waals surface area (Å²) in [6, 6.07) is 9.19. The summed E-state index contributed by atoms with van der Waals surface area (Å²) in [5, 5.41) is 3.66. The van der Waals surface area contributed by atoms with Gasteiger partial charge in [0.15, 0.2) is 11.5 Å². The molecule has 39 heavy (non-hydrogen) atoms. The number of nitrogens with zero attached hydrogens (tertiary/aromatic N) is 2. The maximum atomic E-state index is 13.4. The lowest BCUT2D eigenvalue weighted by molar-refractivity contribution is -0.140. The average Bonchev–Trinajstić information content (AvgIpc) is 2.90. The Hall–Kier alpha value is -2.69. The van der Waals surface area contributed by atoms with Crippen LogP contribution in [0.5, 0.6) is 11.5 Å². The van der Waals surface area contributed by atoms with E-state index in [2.05, 4.69) is 5.32 Å². The number of carbonyl (C=O) groups excluding carboxylic acids is 2. The third-order valence-corrected chi connectivity index (χ3v) is 8.40. The highest BCUT2D eigenvalue weighted by atomic mass is 35.5. The van der Waals surface area contributed by atoms with Gasteiger partial charge in [-0.25, -0.2) is 8.42 Å². The van der Waals surface area contributed by atoms with Crippen LogP contribution >= 0.6 is 23.2 Å². The maximum absolute atomic E-state index is 13.4. The number of anilines is 1. The molecule has 1 heterocycles. The highest BCUT2D eigenvalue weighted by Crippen LogP contribution is 2.35. The van der Waals surface area contributed by atoms with Crippen molar-refractivity contribution in [3.63, 3.8) is 0 Å². The SMILES string of the molecule is CC[C@@H](C)NC(=O)[C@@H](C)N(Cc1ccc(Cl)c(Cl)c1)C(=O)CCCN(c1ccc2c(c1)OCCO2)S(C)(=O)=O. The number of amides is 2. The summed E-state index contributed by atoms with van der Waals surface area (Å²) in [5.41, 5.74) is 1.14. The Labute approximate surface area is 240 Å². The molecule has 2 aromatic carbocycles. The Morgan fingerprint density at radius 2 is 1.72 bits per heavy atom. The zero-order chi connectivity index (χ0) is 28.7. The molecule has 1 N–H and O–H groups in total. The molecule has 12 heteroatoms. The van der Waals surface area contributed by atoms with E-state index in [9.17, 15) is 18.0 Å². The Bertz CT molecular complexity index is 1290. The molecule has 0 bridgehead atoms. The van der Waals surface area contributed by atoms with Gasteiger partial charge in [-0.15, -0.1) is 0 Å². The van der Waals surface area contributed by atoms with Crippen molar-refractivity contribution in [1.82, 2.24) is 10.2 Å². The van der Waals surface area contributed by atoms with Crippen LogP contribution in [-0.4, -0.2) is 63.2 Å². The van der Waals surface area contributed by atoms with Crippen molar-refractivity contribution in [2.75, 3.05) is 30.3 Å². The number of carbonyl (C=O) groups is 2. The summed E-state index contributed by atoms with van der Waals surface area (Å²) in [7, 11) is -3.65. The second-order valence-corrected chi connectivity index (χ2v) is 12.3. The van der Waals surface area contributed by atoms with Gasteiger partial charge in [-0.05, 0) is 56.5 Å². The lowest BCUT2D eigenvalue weighted by atomic mass is 10.1. The Morgan fingerprint density at radius 1 is 1.03 bits per heavy atom. The Kier molecular flexibility index (Phi) is 10.7. The fourth-order valence-corrected chi connectivity index (χ4v) is 5.35. The van der Waals surface area contributed by atoms with Crippen LogP contribution in [0.4, 0.5) is 5.69 Å². The van der Waals surface area contributed by atoms with Crippen LogP contribution in [0.1, 0.15) is 45.6 Å². The molecule has 0 aliphatic carbocycles. The van der Waals surface area contributed by atoms with Crippen molar-refractivity contribution < 1.29 is 27.5 Å². The second-order valence-electron chi connectivity index (χ2n) is 9.53.